The summed E-state index contributed by atoms with van der Waals surface area (Å²) in [6.07, 6.45) is 54.3. The molecule has 0 aromatic heterocycles. The molecule has 9 unspecified atom stereocenters. The average Bonchev–Trinajstić information content (AvgIpc) is 0.774. The maximum atomic E-state index is 6.04. The van der Waals surface area contributed by atoms with Crippen molar-refractivity contribution in [2.24, 2.45) is 142 Å². The molecule has 0 saturated heterocycles. The number of hydrogen-bond acceptors (Lipinski definition) is 9. The molecule has 618 valence electrons. The standard InChI is InChI=1S/C14H26O.2C13H22O.2C12H20O.C12H24O.2C7H16O.C6H14O/c1-2-15-14-10-6-9-13(11-14)12-7-4-3-5-8-12;1-2-14-9-13-6-10-3-11(7-13)5-12(4-10)8-13;1-2-14-8-13-11-4-9-3-10(6-11)7-12(13)5-9;1-2-13-12-6-9-3-10(7-12)5-11(4-9)8-12;1-2-13-12-10-4-8-3-9(6-10)7-11(12)5-8;1-5-13-12-8-10(4)6-7-11(12)9(2)3;1-5-6(2)7(3)8-4;1-5-8-7(4)6(2)3;1-5(2)6(3)7-4/h12-14H,2-11H2,1H3;10-12H,2-9H2,1H3;9-13H,2-8H2,1H3;9-11H,2-8H2,1H3;8-12H,2-7H2,1H3;9-12H,5-8H2,1-4H3;2*6-7H,5H2,1-4H3;5-6H,1-4H3. The van der Waals surface area contributed by atoms with E-state index in [0.29, 0.717) is 65.4 Å². The van der Waals surface area contributed by atoms with E-state index >= 15 is 0 Å². The van der Waals surface area contributed by atoms with Crippen LogP contribution in [0.25, 0.3) is 0 Å². The molecule has 19 rings (SSSR count). The van der Waals surface area contributed by atoms with Gasteiger partial charge in [-0.2, -0.15) is 0 Å². The van der Waals surface area contributed by atoms with Gasteiger partial charge in [0.25, 0.3) is 0 Å². The molecule has 0 radical (unpaired) electrons. The van der Waals surface area contributed by atoms with Gasteiger partial charge >= 0.3 is 0 Å². The van der Waals surface area contributed by atoms with Gasteiger partial charge in [-0.15, -0.1) is 0 Å². The van der Waals surface area contributed by atoms with Crippen molar-refractivity contribution in [3.05, 3.63) is 0 Å². The third kappa shape index (κ3) is 29.2. The molecular formula is C96H180O9. The van der Waals surface area contributed by atoms with E-state index in [0.717, 1.165) is 178 Å². The number of methoxy groups -OCH3 is 2. The van der Waals surface area contributed by atoms with Crippen LogP contribution in [0.5, 0.6) is 0 Å². The lowest BCUT2D eigenvalue weighted by molar-refractivity contribution is -0.159. The zero-order valence-electron chi connectivity index (χ0n) is 73.5. The van der Waals surface area contributed by atoms with Crippen molar-refractivity contribution in [1.82, 2.24) is 0 Å². The van der Waals surface area contributed by atoms with Gasteiger partial charge in [0.2, 0.25) is 0 Å². The monoisotopic (exact) mass is 1480 g/mol. The highest BCUT2D eigenvalue weighted by atomic mass is 16.5. The topological polar surface area (TPSA) is 83.1 Å². The quantitative estimate of drug-likeness (QED) is 0.0938. The Morgan fingerprint density at radius 2 is 0.819 bits per heavy atom. The van der Waals surface area contributed by atoms with Crippen molar-refractivity contribution in [3.8, 4) is 0 Å². The summed E-state index contributed by atoms with van der Waals surface area (Å²) < 4.78 is 50.4. The van der Waals surface area contributed by atoms with Gasteiger partial charge in [-0.3, -0.25) is 0 Å². The van der Waals surface area contributed by atoms with E-state index < -0.39 is 0 Å². The smallest absolute Gasteiger partial charge is 0.0690 e. The lowest BCUT2D eigenvalue weighted by Gasteiger charge is -2.56. The Morgan fingerprint density at radius 1 is 0.362 bits per heavy atom. The summed E-state index contributed by atoms with van der Waals surface area (Å²) in [6, 6.07) is 0. The summed E-state index contributed by atoms with van der Waals surface area (Å²) in [6.45, 7) is 49.5. The zero-order valence-corrected chi connectivity index (χ0v) is 73.5. The molecule has 19 aliphatic rings. The van der Waals surface area contributed by atoms with Gasteiger partial charge in [0.1, 0.15) is 0 Å². The predicted molar refractivity (Wildman–Crippen MR) is 443 cm³/mol. The van der Waals surface area contributed by atoms with E-state index in [-0.39, 0.29) is 0 Å². The highest BCUT2D eigenvalue weighted by Gasteiger charge is 2.54. The van der Waals surface area contributed by atoms with E-state index in [1.165, 1.54) is 193 Å². The first-order valence-corrected chi connectivity index (χ1v) is 46.8. The van der Waals surface area contributed by atoms with Crippen LogP contribution < -0.4 is 0 Å². The Hall–Kier alpha value is -0.360. The van der Waals surface area contributed by atoms with Crippen LogP contribution in [0, 0.1) is 142 Å². The second kappa shape index (κ2) is 47.5. The molecule has 9 heteroatoms. The van der Waals surface area contributed by atoms with E-state index in [9.17, 15) is 0 Å². The van der Waals surface area contributed by atoms with Crippen molar-refractivity contribution in [2.45, 2.75) is 399 Å². The first-order valence-electron chi connectivity index (χ1n) is 46.8. The second-order valence-electron chi connectivity index (χ2n) is 39.8. The van der Waals surface area contributed by atoms with Crippen LogP contribution in [-0.2, 0) is 42.6 Å². The van der Waals surface area contributed by atoms with Gasteiger partial charge in [-0.1, -0.05) is 114 Å². The second-order valence-corrected chi connectivity index (χ2v) is 39.8. The molecule has 9 nitrogen and oxygen atoms in total. The van der Waals surface area contributed by atoms with Crippen molar-refractivity contribution in [1.29, 1.82) is 0 Å². The predicted octanol–water partition coefficient (Wildman–Crippen LogP) is 25.6. The molecule has 0 aliphatic heterocycles. The molecule has 16 bridgehead atoms. The van der Waals surface area contributed by atoms with Crippen LogP contribution in [-0.4, -0.2) is 116 Å². The molecule has 0 spiro atoms. The van der Waals surface area contributed by atoms with Crippen molar-refractivity contribution >= 4 is 0 Å². The Bertz CT molecular complexity index is 2090. The van der Waals surface area contributed by atoms with E-state index in [1.54, 1.807) is 46.3 Å². The van der Waals surface area contributed by atoms with E-state index in [2.05, 4.69) is 125 Å². The van der Waals surface area contributed by atoms with Crippen LogP contribution in [0.4, 0.5) is 0 Å². The third-order valence-electron chi connectivity index (χ3n) is 30.9. The summed E-state index contributed by atoms with van der Waals surface area (Å²) in [5.41, 5.74) is 0.980. The maximum absolute atomic E-state index is 6.04. The Balaban J connectivity index is 0.000000167. The Kier molecular flexibility index (Phi) is 41.5. The molecular weight excluding hydrogens is 1300 g/mol. The van der Waals surface area contributed by atoms with E-state index in [4.69, 9.17) is 42.6 Å². The number of hydrogen-bond donors (Lipinski definition) is 0. The molecule has 19 aliphatic carbocycles. The summed E-state index contributed by atoms with van der Waals surface area (Å²) in [5, 5.41) is 0. The molecule has 19 saturated carbocycles. The largest absolute Gasteiger partial charge is 0.381 e. The van der Waals surface area contributed by atoms with Gasteiger partial charge in [-0.05, 0) is 384 Å². The van der Waals surface area contributed by atoms with Crippen LogP contribution in [0.3, 0.4) is 0 Å². The summed E-state index contributed by atoms with van der Waals surface area (Å²) in [7, 11) is 3.50. The van der Waals surface area contributed by atoms with E-state index in [1.807, 2.05) is 6.92 Å². The highest BCUT2D eigenvalue weighted by molar-refractivity contribution is 5.05. The number of ether oxygens (including phenoxy) is 9. The first kappa shape index (κ1) is 91.8. The van der Waals surface area contributed by atoms with Crippen LogP contribution in [0.15, 0.2) is 0 Å². The summed E-state index contributed by atoms with van der Waals surface area (Å²) >= 11 is 0. The van der Waals surface area contributed by atoms with Crippen LogP contribution in [0.1, 0.15) is 356 Å². The van der Waals surface area contributed by atoms with Crippen LogP contribution in [0.2, 0.25) is 0 Å². The molecule has 105 heavy (non-hydrogen) atoms. The normalized spacial score (nSPS) is 39.1. The van der Waals surface area contributed by atoms with Crippen molar-refractivity contribution in [3.63, 3.8) is 0 Å². The van der Waals surface area contributed by atoms with Gasteiger partial charge < -0.3 is 42.6 Å². The van der Waals surface area contributed by atoms with Crippen molar-refractivity contribution in [2.75, 3.05) is 73.7 Å². The lowest BCUT2D eigenvalue weighted by atomic mass is 9.50. The number of rotatable bonds is 24. The molecule has 0 N–H and O–H groups in total. The average molecular weight is 1480 g/mol. The molecule has 9 atom stereocenters. The van der Waals surface area contributed by atoms with Gasteiger partial charge in [0, 0.05) is 67.1 Å². The van der Waals surface area contributed by atoms with Gasteiger partial charge in [0.05, 0.1) is 48.8 Å². The molecule has 0 heterocycles. The zero-order chi connectivity index (χ0) is 76.2. The fraction of sp³-hybridized carbons (Fsp3) is 1.00. The summed E-state index contributed by atoms with van der Waals surface area (Å²) in [5.74, 6) is 22.0. The van der Waals surface area contributed by atoms with Crippen LogP contribution >= 0.6 is 0 Å². The minimum absolute atomic E-state index is 0.351. The minimum Gasteiger partial charge on any atom is -0.381 e. The lowest BCUT2D eigenvalue weighted by Crippen LogP contribution is -2.51. The minimum atomic E-state index is 0.351. The maximum Gasteiger partial charge on any atom is 0.0690 e. The highest BCUT2D eigenvalue weighted by Crippen LogP contribution is 2.61. The molecule has 0 aromatic carbocycles. The first-order chi connectivity index (χ1) is 50.4. The van der Waals surface area contributed by atoms with Crippen molar-refractivity contribution < 1.29 is 42.6 Å². The molecule has 0 aromatic rings. The molecule has 0 amide bonds. The van der Waals surface area contributed by atoms with Gasteiger partial charge in [0.15, 0.2) is 0 Å². The molecule has 19 fully saturated rings. The SMILES string of the molecule is CCC(C)C(C)OC.CCOC(C)C(C)C.CCOC12CC3CC(CC(C3)C1)C2.CCOC1C2CC3CC(C2)CC1C3.CCOC1CC(C)CCC1C(C)C.CCOC1CCCC(C2CCCCC2)C1.CCOCC12CC3CC(CC(C3)C1)C2.CCOCC1C2CC3CC(C2)CC1C3.COC(C)C(C)C. The Morgan fingerprint density at radius 3 is 1.21 bits per heavy atom. The van der Waals surface area contributed by atoms with Gasteiger partial charge in [-0.25, -0.2) is 0 Å². The summed E-state index contributed by atoms with van der Waals surface area (Å²) in [4.78, 5) is 0. The third-order valence-corrected chi connectivity index (χ3v) is 30.9. The fourth-order valence-electron chi connectivity index (χ4n) is 25.6. The fourth-order valence-corrected chi connectivity index (χ4v) is 25.6. The Labute approximate surface area is 652 Å².